The van der Waals surface area contributed by atoms with Gasteiger partial charge >= 0.3 is 11.9 Å². The van der Waals surface area contributed by atoms with E-state index in [1.807, 2.05) is 13.8 Å². The van der Waals surface area contributed by atoms with E-state index in [-0.39, 0.29) is 64.7 Å². The van der Waals surface area contributed by atoms with Gasteiger partial charge in [-0.2, -0.15) is 0 Å². The molecule has 0 aromatic heterocycles. The lowest BCUT2D eigenvalue weighted by Crippen LogP contribution is -2.33. The summed E-state index contributed by atoms with van der Waals surface area (Å²) in [7, 11) is 0. The SMILES string of the molecule is CCCCOC(=O)CNC(=O)c1c2nc3c(C(=O)NCC(=O)OCCCC)ccc(C)c3oc-2c(C)c(=O)c1N. The summed E-state index contributed by atoms with van der Waals surface area (Å²) in [5, 5.41) is 4.92. The molecule has 12 heteroatoms. The van der Waals surface area contributed by atoms with Gasteiger partial charge in [0.05, 0.1) is 30.0 Å². The van der Waals surface area contributed by atoms with Crippen LogP contribution in [0, 0.1) is 13.8 Å². The van der Waals surface area contributed by atoms with Crippen molar-refractivity contribution < 1.29 is 33.1 Å². The normalized spacial score (nSPS) is 10.9. The Kier molecular flexibility index (Phi) is 10.2. The number of nitrogens with zero attached hydrogens (tertiary/aromatic N) is 1. The van der Waals surface area contributed by atoms with Crippen LogP contribution in [0.3, 0.4) is 0 Å². The average Bonchev–Trinajstić information content (AvgIpc) is 2.93. The van der Waals surface area contributed by atoms with E-state index >= 15 is 0 Å². The largest absolute Gasteiger partial charge is 0.464 e. The quantitative estimate of drug-likeness (QED) is 0.130. The van der Waals surface area contributed by atoms with Gasteiger partial charge in [0.1, 0.15) is 24.3 Å². The zero-order valence-corrected chi connectivity index (χ0v) is 23.1. The van der Waals surface area contributed by atoms with Gasteiger partial charge in [0.15, 0.2) is 11.3 Å². The molecule has 1 aromatic rings. The number of nitrogens with one attached hydrogen (secondary N) is 2. The highest BCUT2D eigenvalue weighted by molar-refractivity contribution is 6.09. The van der Waals surface area contributed by atoms with Crippen LogP contribution >= 0.6 is 0 Å². The third kappa shape index (κ3) is 6.74. The van der Waals surface area contributed by atoms with Crippen LogP contribution in [-0.2, 0) is 19.1 Å². The first-order valence-corrected chi connectivity index (χ1v) is 13.1. The molecule has 0 bridgehead atoms. The maximum absolute atomic E-state index is 13.1. The molecule has 3 rings (SSSR count). The molecule has 214 valence electrons. The van der Waals surface area contributed by atoms with E-state index in [2.05, 4.69) is 15.6 Å². The van der Waals surface area contributed by atoms with Crippen molar-refractivity contribution in [2.24, 2.45) is 0 Å². The third-order valence-corrected chi connectivity index (χ3v) is 6.18. The Morgan fingerprint density at radius 1 is 0.925 bits per heavy atom. The summed E-state index contributed by atoms with van der Waals surface area (Å²) in [5.41, 5.74) is 5.83. The minimum atomic E-state index is -0.831. The van der Waals surface area contributed by atoms with Crippen LogP contribution in [0.15, 0.2) is 21.3 Å². The molecule has 4 N–H and O–H groups in total. The highest BCUT2D eigenvalue weighted by atomic mass is 16.5. The molecule has 0 atom stereocenters. The molecule has 1 aromatic carbocycles. The highest BCUT2D eigenvalue weighted by Gasteiger charge is 2.29. The molecule has 1 aliphatic heterocycles. The predicted molar refractivity (Wildman–Crippen MR) is 147 cm³/mol. The Morgan fingerprint density at radius 3 is 2.08 bits per heavy atom. The second-order valence-corrected chi connectivity index (χ2v) is 9.26. The van der Waals surface area contributed by atoms with E-state index in [1.165, 1.54) is 13.0 Å². The number of nitrogen functional groups attached to an aromatic ring is 1. The fourth-order valence-electron chi connectivity index (χ4n) is 3.86. The number of esters is 2. The second kappa shape index (κ2) is 13.5. The summed E-state index contributed by atoms with van der Waals surface area (Å²) < 4.78 is 16.2. The molecule has 40 heavy (non-hydrogen) atoms. The lowest BCUT2D eigenvalue weighted by molar-refractivity contribution is -0.143. The number of carbonyl (C=O) groups is 4. The van der Waals surface area contributed by atoms with Gasteiger partial charge in [-0.15, -0.1) is 0 Å². The van der Waals surface area contributed by atoms with Crippen LogP contribution < -0.4 is 21.8 Å². The lowest BCUT2D eigenvalue weighted by atomic mass is 9.99. The van der Waals surface area contributed by atoms with Crippen molar-refractivity contribution in [2.75, 3.05) is 32.0 Å². The first kappa shape index (κ1) is 30.1. The molecular formula is C28H34N4O8. The maximum Gasteiger partial charge on any atom is 0.325 e. The number of anilines is 1. The second-order valence-electron chi connectivity index (χ2n) is 9.26. The Balaban J connectivity index is 2.01. The Labute approximate surface area is 230 Å². The smallest absolute Gasteiger partial charge is 0.325 e. The van der Waals surface area contributed by atoms with E-state index in [1.54, 1.807) is 13.0 Å². The topological polar surface area (TPSA) is 180 Å². The first-order chi connectivity index (χ1) is 19.1. The fourth-order valence-corrected chi connectivity index (χ4v) is 3.86. The number of hydrogen-bond donors (Lipinski definition) is 3. The van der Waals surface area contributed by atoms with Gasteiger partial charge in [-0.3, -0.25) is 24.0 Å². The number of benzene rings is 2. The average molecular weight is 555 g/mol. The zero-order chi connectivity index (χ0) is 29.4. The van der Waals surface area contributed by atoms with E-state index in [4.69, 9.17) is 19.6 Å². The van der Waals surface area contributed by atoms with E-state index in [0.717, 1.165) is 12.8 Å². The van der Waals surface area contributed by atoms with Crippen LogP contribution in [0.1, 0.15) is 71.4 Å². The van der Waals surface area contributed by atoms with E-state index in [9.17, 15) is 24.0 Å². The van der Waals surface area contributed by atoms with Crippen molar-refractivity contribution >= 4 is 40.5 Å². The van der Waals surface area contributed by atoms with Crippen molar-refractivity contribution in [3.63, 3.8) is 0 Å². The number of unbranched alkanes of at least 4 members (excludes halogenated alkanes) is 2. The van der Waals surface area contributed by atoms with Crippen molar-refractivity contribution in [1.82, 2.24) is 15.6 Å². The monoisotopic (exact) mass is 554 g/mol. The zero-order valence-electron chi connectivity index (χ0n) is 23.1. The van der Waals surface area contributed by atoms with Gasteiger partial charge in [-0.1, -0.05) is 32.8 Å². The number of rotatable bonds is 12. The van der Waals surface area contributed by atoms with Gasteiger partial charge in [-0.05, 0) is 38.3 Å². The molecule has 2 aliphatic rings. The van der Waals surface area contributed by atoms with Crippen LogP contribution in [0.2, 0.25) is 0 Å². The summed E-state index contributed by atoms with van der Waals surface area (Å²) in [6.45, 7) is 6.81. The highest BCUT2D eigenvalue weighted by Crippen LogP contribution is 2.34. The minimum Gasteiger partial charge on any atom is -0.464 e. The van der Waals surface area contributed by atoms with Crippen molar-refractivity contribution in [2.45, 2.75) is 53.4 Å². The number of nitrogens with two attached hydrogens (primary N) is 1. The van der Waals surface area contributed by atoms with Gasteiger partial charge in [0, 0.05) is 5.56 Å². The number of fused-ring (bicyclic) bond motifs is 2. The Bertz CT molecular complexity index is 1460. The van der Waals surface area contributed by atoms with Crippen LogP contribution in [0.4, 0.5) is 5.69 Å². The van der Waals surface area contributed by atoms with Gasteiger partial charge in [-0.25, -0.2) is 4.98 Å². The molecule has 0 saturated heterocycles. The number of hydrogen-bond acceptors (Lipinski definition) is 10. The number of carbonyl (C=O) groups excluding carboxylic acids is 4. The predicted octanol–water partition coefficient (Wildman–Crippen LogP) is 2.64. The van der Waals surface area contributed by atoms with Crippen LogP contribution in [0.25, 0.3) is 22.6 Å². The van der Waals surface area contributed by atoms with Gasteiger partial charge in [0.2, 0.25) is 5.43 Å². The molecule has 0 fully saturated rings. The lowest BCUT2D eigenvalue weighted by Gasteiger charge is -2.17. The van der Waals surface area contributed by atoms with Gasteiger partial charge < -0.3 is 30.3 Å². The standard InChI is InChI=1S/C28H34N4O8/c1-5-7-11-38-18(33)13-30-27(36)17-10-9-15(3)25-22(17)32-23-20(21(29)24(35)16(4)26(23)40-25)28(37)31-14-19(34)39-12-8-6-2/h9-10H,5-8,11-14,29H2,1-4H3,(H,30,36)(H,31,37). The number of aromatic nitrogens is 1. The van der Waals surface area contributed by atoms with Crippen LogP contribution in [0.5, 0.6) is 0 Å². The van der Waals surface area contributed by atoms with Crippen molar-refractivity contribution in [1.29, 1.82) is 0 Å². The summed E-state index contributed by atoms with van der Waals surface area (Å²) in [4.78, 5) is 67.5. The first-order valence-electron chi connectivity index (χ1n) is 13.1. The van der Waals surface area contributed by atoms with Crippen molar-refractivity contribution in [3.8, 4) is 11.5 Å². The molecule has 0 saturated carbocycles. The van der Waals surface area contributed by atoms with Crippen LogP contribution in [-0.4, -0.2) is 55.0 Å². The molecule has 12 nitrogen and oxygen atoms in total. The van der Waals surface area contributed by atoms with Gasteiger partial charge in [0.25, 0.3) is 11.8 Å². The van der Waals surface area contributed by atoms with Crippen molar-refractivity contribution in [3.05, 3.63) is 44.6 Å². The summed E-state index contributed by atoms with van der Waals surface area (Å²) in [6.07, 6.45) is 3.09. The molecule has 0 spiro atoms. The number of ether oxygens (including phenoxy) is 2. The molecule has 1 heterocycles. The maximum atomic E-state index is 13.1. The number of amides is 2. The Hall–Kier alpha value is -4.48. The van der Waals surface area contributed by atoms with E-state index in [0.29, 0.717) is 18.4 Å². The summed E-state index contributed by atoms with van der Waals surface area (Å²) >= 11 is 0. The third-order valence-electron chi connectivity index (χ3n) is 6.18. The Morgan fingerprint density at radius 2 is 1.50 bits per heavy atom. The minimum absolute atomic E-state index is 0.0162. The molecule has 2 amide bonds. The fraction of sp³-hybridized carbons (Fsp3) is 0.429. The summed E-state index contributed by atoms with van der Waals surface area (Å²) in [5.74, 6) is -2.67. The number of aryl methyl sites for hydroxylation is 1. The molecular weight excluding hydrogens is 520 g/mol. The summed E-state index contributed by atoms with van der Waals surface area (Å²) in [6, 6.07) is 3.14. The molecule has 1 aliphatic carbocycles. The van der Waals surface area contributed by atoms with E-state index < -0.39 is 35.7 Å². The molecule has 0 radical (unpaired) electrons. The molecule has 0 unspecified atom stereocenters.